The molecular formula is C17H21F3N2O5S. The summed E-state index contributed by atoms with van der Waals surface area (Å²) in [6.45, 7) is 2.38. The van der Waals surface area contributed by atoms with Gasteiger partial charge in [-0.2, -0.15) is 25.8 Å². The standard InChI is InChI=1S/C15H20N2O3S.C2HF3O2/c18-11-16-13(14(19)20)15(21)6-8-17(9-7-15)10-12-4-2-1-3-5-12;3-2(4,5)1(6)7/h1-5,11,13,21H,6-10H2,(H,16,18)(H,19,20);(H,6,7)/t13-;/m1./s1. The van der Waals surface area contributed by atoms with Gasteiger partial charge in [0.15, 0.2) is 0 Å². The molecule has 1 aromatic carbocycles. The number of nitrogens with zero attached hydrogens (tertiary/aromatic N) is 1. The summed E-state index contributed by atoms with van der Waals surface area (Å²) in [7, 11) is 0. The number of benzene rings is 1. The van der Waals surface area contributed by atoms with Crippen molar-refractivity contribution in [1.29, 1.82) is 0 Å². The average molecular weight is 422 g/mol. The summed E-state index contributed by atoms with van der Waals surface area (Å²) < 4.78 is 31.0. The molecule has 1 amide bonds. The molecule has 0 aliphatic carbocycles. The molecule has 0 saturated carbocycles. The largest absolute Gasteiger partial charge is 0.490 e. The van der Waals surface area contributed by atoms with E-state index in [2.05, 4.69) is 35.0 Å². The summed E-state index contributed by atoms with van der Waals surface area (Å²) >= 11 is 4.56. The Labute approximate surface area is 164 Å². The lowest BCUT2D eigenvalue weighted by molar-refractivity contribution is -0.192. The third kappa shape index (κ3) is 7.39. The maximum atomic E-state index is 11.3. The minimum atomic E-state index is -5.08. The van der Waals surface area contributed by atoms with Gasteiger partial charge in [-0.1, -0.05) is 30.3 Å². The lowest BCUT2D eigenvalue weighted by Crippen LogP contribution is -2.56. The van der Waals surface area contributed by atoms with Gasteiger partial charge < -0.3 is 15.5 Å². The van der Waals surface area contributed by atoms with E-state index in [4.69, 9.17) is 9.90 Å². The van der Waals surface area contributed by atoms with E-state index in [0.717, 1.165) is 19.6 Å². The number of carbonyl (C=O) groups is 3. The summed E-state index contributed by atoms with van der Waals surface area (Å²) in [6, 6.07) is 9.22. The number of carbonyl (C=O) groups excluding carboxylic acids is 1. The van der Waals surface area contributed by atoms with Gasteiger partial charge in [-0.05, 0) is 31.5 Å². The van der Waals surface area contributed by atoms with Crippen LogP contribution in [0.3, 0.4) is 0 Å². The molecule has 28 heavy (non-hydrogen) atoms. The molecule has 1 atom stereocenters. The smallest absolute Gasteiger partial charge is 0.480 e. The average Bonchev–Trinajstić information content (AvgIpc) is 2.62. The Morgan fingerprint density at radius 1 is 1.21 bits per heavy atom. The zero-order chi connectivity index (χ0) is 21.4. The van der Waals surface area contributed by atoms with Gasteiger partial charge in [-0.25, -0.2) is 9.59 Å². The molecule has 1 heterocycles. The lowest BCUT2D eigenvalue weighted by Gasteiger charge is -2.41. The van der Waals surface area contributed by atoms with Crippen LogP contribution in [0.4, 0.5) is 13.2 Å². The van der Waals surface area contributed by atoms with Crippen LogP contribution in [-0.2, 0) is 20.9 Å². The van der Waals surface area contributed by atoms with Crippen LogP contribution in [0.2, 0.25) is 0 Å². The summed E-state index contributed by atoms with van der Waals surface area (Å²) in [5.41, 5.74) is 1.24. The second-order valence-electron chi connectivity index (χ2n) is 6.22. The highest BCUT2D eigenvalue weighted by Crippen LogP contribution is 2.33. The van der Waals surface area contributed by atoms with Gasteiger partial charge in [-0.3, -0.25) is 9.69 Å². The number of piperidine rings is 1. The third-order valence-corrected chi connectivity index (χ3v) is 4.94. The monoisotopic (exact) mass is 422 g/mol. The Morgan fingerprint density at radius 2 is 1.71 bits per heavy atom. The van der Waals surface area contributed by atoms with Gasteiger partial charge in [0, 0.05) is 11.3 Å². The van der Waals surface area contributed by atoms with Crippen molar-refractivity contribution in [2.45, 2.75) is 36.4 Å². The van der Waals surface area contributed by atoms with E-state index in [0.29, 0.717) is 19.3 Å². The fraction of sp³-hybridized carbons (Fsp3) is 0.471. The van der Waals surface area contributed by atoms with Gasteiger partial charge in [-0.15, -0.1) is 0 Å². The van der Waals surface area contributed by atoms with Crippen molar-refractivity contribution in [2.24, 2.45) is 0 Å². The van der Waals surface area contributed by atoms with E-state index in [1.54, 1.807) is 0 Å². The van der Waals surface area contributed by atoms with Gasteiger partial charge >= 0.3 is 18.1 Å². The number of hydrogen-bond acceptors (Lipinski definition) is 5. The normalized spacial score (nSPS) is 17.6. The van der Waals surface area contributed by atoms with Crippen LogP contribution in [0, 0.1) is 0 Å². The summed E-state index contributed by atoms with van der Waals surface area (Å²) in [5, 5.41) is 18.7. The zero-order valence-electron chi connectivity index (χ0n) is 14.7. The highest BCUT2D eigenvalue weighted by Gasteiger charge is 2.42. The number of halogens is 3. The molecule has 0 spiro atoms. The molecule has 1 aromatic rings. The minimum absolute atomic E-state index is 0.438. The summed E-state index contributed by atoms with van der Waals surface area (Å²) in [4.78, 5) is 33.1. The number of hydrogen-bond donors (Lipinski definition) is 4. The second kappa shape index (κ2) is 10.3. The van der Waals surface area contributed by atoms with Crippen molar-refractivity contribution in [3.8, 4) is 0 Å². The number of amides is 1. The first-order valence-electron chi connectivity index (χ1n) is 8.21. The molecule has 156 valence electrons. The number of thiol groups is 1. The van der Waals surface area contributed by atoms with Crippen molar-refractivity contribution in [3.05, 3.63) is 35.9 Å². The van der Waals surface area contributed by atoms with Crippen molar-refractivity contribution < 1.29 is 37.8 Å². The number of carboxylic acid groups (broad SMARTS) is 2. The molecular weight excluding hydrogens is 401 g/mol. The fourth-order valence-corrected chi connectivity index (χ4v) is 3.14. The van der Waals surface area contributed by atoms with E-state index in [-0.39, 0.29) is 0 Å². The molecule has 1 saturated heterocycles. The molecule has 0 unspecified atom stereocenters. The number of nitrogens with one attached hydrogen (secondary N) is 1. The van der Waals surface area contributed by atoms with Gasteiger partial charge in [0.2, 0.25) is 6.41 Å². The Bertz CT molecular complexity index is 665. The van der Waals surface area contributed by atoms with Crippen LogP contribution >= 0.6 is 12.6 Å². The molecule has 3 N–H and O–H groups in total. The first-order chi connectivity index (χ1) is 13.0. The molecule has 1 aliphatic rings. The van der Waals surface area contributed by atoms with E-state index in [9.17, 15) is 27.9 Å². The van der Waals surface area contributed by atoms with Crippen LogP contribution < -0.4 is 5.32 Å². The highest BCUT2D eigenvalue weighted by molar-refractivity contribution is 7.82. The molecule has 1 fully saturated rings. The van der Waals surface area contributed by atoms with Crippen molar-refractivity contribution in [2.75, 3.05) is 13.1 Å². The molecule has 1 aliphatic heterocycles. The first-order valence-corrected chi connectivity index (χ1v) is 8.65. The predicted octanol–water partition coefficient (Wildman–Crippen LogP) is 1.78. The summed E-state index contributed by atoms with van der Waals surface area (Å²) in [6.07, 6.45) is -3.39. The minimum Gasteiger partial charge on any atom is -0.480 e. The number of aliphatic carboxylic acids is 2. The predicted molar refractivity (Wildman–Crippen MR) is 97.0 cm³/mol. The quantitative estimate of drug-likeness (QED) is 0.411. The number of rotatable bonds is 6. The Kier molecular flexibility index (Phi) is 8.76. The second-order valence-corrected chi connectivity index (χ2v) is 7.11. The maximum Gasteiger partial charge on any atom is 0.490 e. The molecule has 0 bridgehead atoms. The van der Waals surface area contributed by atoms with Gasteiger partial charge in [0.05, 0.1) is 0 Å². The fourth-order valence-electron chi connectivity index (χ4n) is 2.75. The van der Waals surface area contributed by atoms with Crippen LogP contribution in [-0.4, -0.2) is 63.5 Å². The van der Waals surface area contributed by atoms with E-state index < -0.39 is 28.9 Å². The zero-order valence-corrected chi connectivity index (χ0v) is 15.6. The van der Waals surface area contributed by atoms with E-state index in [1.807, 2.05) is 18.2 Å². The Balaban J connectivity index is 0.000000480. The van der Waals surface area contributed by atoms with Crippen molar-refractivity contribution >= 4 is 31.0 Å². The molecule has 0 aromatic heterocycles. The van der Waals surface area contributed by atoms with Crippen LogP contribution in [0.15, 0.2) is 30.3 Å². The van der Waals surface area contributed by atoms with Crippen LogP contribution in [0.1, 0.15) is 18.4 Å². The number of likely N-dealkylation sites (tertiary alicyclic amines) is 1. The summed E-state index contributed by atoms with van der Waals surface area (Å²) in [5.74, 6) is -3.79. The van der Waals surface area contributed by atoms with Crippen LogP contribution in [0.5, 0.6) is 0 Å². The van der Waals surface area contributed by atoms with Crippen molar-refractivity contribution in [3.63, 3.8) is 0 Å². The first kappa shape index (κ1) is 23.8. The highest BCUT2D eigenvalue weighted by atomic mass is 32.1. The topological polar surface area (TPSA) is 107 Å². The van der Waals surface area contributed by atoms with Gasteiger partial charge in [0.1, 0.15) is 6.04 Å². The molecule has 0 radical (unpaired) electrons. The lowest BCUT2D eigenvalue weighted by atomic mass is 9.88. The Morgan fingerprint density at radius 3 is 2.11 bits per heavy atom. The van der Waals surface area contributed by atoms with E-state index in [1.165, 1.54) is 5.56 Å². The number of alkyl halides is 3. The molecule has 11 heteroatoms. The van der Waals surface area contributed by atoms with E-state index >= 15 is 0 Å². The maximum absolute atomic E-state index is 11.3. The Hall–Kier alpha value is -2.27. The number of carboxylic acids is 2. The van der Waals surface area contributed by atoms with Crippen LogP contribution in [0.25, 0.3) is 0 Å². The SMILES string of the molecule is O=C(O)C(F)(F)F.O=CN[C@H](C(=O)O)C1(S)CCN(Cc2ccccc2)CC1. The third-order valence-electron chi connectivity index (χ3n) is 4.23. The van der Waals surface area contributed by atoms with Gasteiger partial charge in [0.25, 0.3) is 0 Å². The molecule has 2 rings (SSSR count). The molecule has 7 nitrogen and oxygen atoms in total. The van der Waals surface area contributed by atoms with Crippen molar-refractivity contribution in [1.82, 2.24) is 10.2 Å².